The summed E-state index contributed by atoms with van der Waals surface area (Å²) in [6.07, 6.45) is 3.31. The second kappa shape index (κ2) is 5.45. The van der Waals surface area contributed by atoms with Crippen LogP contribution in [0.3, 0.4) is 0 Å². The van der Waals surface area contributed by atoms with Gasteiger partial charge in [-0.05, 0) is 30.7 Å². The number of amides is 1. The predicted molar refractivity (Wildman–Crippen MR) is 71.6 cm³/mol. The Morgan fingerprint density at radius 2 is 2.29 bits per heavy atom. The molecule has 1 unspecified atom stereocenters. The summed E-state index contributed by atoms with van der Waals surface area (Å²) >= 11 is 1.74. The third-order valence-corrected chi connectivity index (χ3v) is 4.37. The third-order valence-electron chi connectivity index (χ3n) is 3.00. The van der Waals surface area contributed by atoms with Crippen molar-refractivity contribution in [2.45, 2.75) is 24.5 Å². The molecule has 1 atom stereocenters. The molecular formula is C13H17NO2S. The van der Waals surface area contributed by atoms with E-state index in [1.54, 1.807) is 41.9 Å². The Balaban J connectivity index is 2.08. The van der Waals surface area contributed by atoms with Crippen LogP contribution >= 0.6 is 11.8 Å². The fourth-order valence-corrected chi connectivity index (χ4v) is 3.27. The number of rotatable bonds is 2. The zero-order chi connectivity index (χ0) is 12.3. The first-order valence-corrected chi connectivity index (χ1v) is 6.91. The van der Waals surface area contributed by atoms with Crippen molar-refractivity contribution in [2.24, 2.45) is 0 Å². The largest absolute Gasteiger partial charge is 0.508 e. The molecule has 0 aromatic heterocycles. The summed E-state index contributed by atoms with van der Waals surface area (Å²) in [5.41, 5.74) is 0.751. The molecule has 1 aromatic rings. The minimum atomic E-state index is 0.0797. The van der Waals surface area contributed by atoms with Crippen molar-refractivity contribution < 1.29 is 9.90 Å². The zero-order valence-corrected chi connectivity index (χ0v) is 10.7. The summed E-state index contributed by atoms with van der Waals surface area (Å²) < 4.78 is 0. The fraction of sp³-hybridized carbons (Fsp3) is 0.462. The van der Waals surface area contributed by atoms with Crippen molar-refractivity contribution in [1.29, 1.82) is 0 Å². The summed E-state index contributed by atoms with van der Waals surface area (Å²) in [6.45, 7) is 0. The Kier molecular flexibility index (Phi) is 3.94. The molecular weight excluding hydrogens is 234 g/mol. The maximum atomic E-state index is 12.2. The Labute approximate surface area is 106 Å². The van der Waals surface area contributed by atoms with Crippen molar-refractivity contribution in [3.8, 4) is 5.75 Å². The summed E-state index contributed by atoms with van der Waals surface area (Å²) in [5.74, 6) is 1.41. The monoisotopic (exact) mass is 251 g/mol. The van der Waals surface area contributed by atoms with Crippen LogP contribution in [0.15, 0.2) is 24.3 Å². The van der Waals surface area contributed by atoms with Crippen molar-refractivity contribution in [3.05, 3.63) is 24.3 Å². The number of benzene rings is 1. The Morgan fingerprint density at radius 3 is 2.94 bits per heavy atom. The molecule has 0 saturated carbocycles. The number of aromatic hydroxyl groups is 1. The summed E-state index contributed by atoms with van der Waals surface area (Å²) in [4.78, 5) is 13.9. The highest BCUT2D eigenvalue weighted by molar-refractivity contribution is 8.00. The molecule has 1 aromatic carbocycles. The van der Waals surface area contributed by atoms with Gasteiger partial charge in [0.1, 0.15) is 5.75 Å². The molecule has 4 heteroatoms. The van der Waals surface area contributed by atoms with E-state index in [1.165, 1.54) is 6.42 Å². The molecule has 92 valence electrons. The van der Waals surface area contributed by atoms with Crippen molar-refractivity contribution in [3.63, 3.8) is 0 Å². The van der Waals surface area contributed by atoms with Crippen LogP contribution in [-0.4, -0.2) is 29.1 Å². The van der Waals surface area contributed by atoms with E-state index in [2.05, 4.69) is 0 Å². The topological polar surface area (TPSA) is 40.5 Å². The van der Waals surface area contributed by atoms with Crippen LogP contribution in [0.5, 0.6) is 5.75 Å². The first-order valence-electron chi connectivity index (χ1n) is 5.86. The van der Waals surface area contributed by atoms with Crippen LogP contribution < -0.4 is 4.90 Å². The quantitative estimate of drug-likeness (QED) is 0.878. The van der Waals surface area contributed by atoms with Crippen molar-refractivity contribution >= 4 is 23.4 Å². The van der Waals surface area contributed by atoms with Gasteiger partial charge >= 0.3 is 0 Å². The minimum Gasteiger partial charge on any atom is -0.508 e. The van der Waals surface area contributed by atoms with Gasteiger partial charge in [-0.1, -0.05) is 12.5 Å². The van der Waals surface area contributed by atoms with E-state index in [0.717, 1.165) is 24.3 Å². The number of phenols is 1. The van der Waals surface area contributed by atoms with Crippen LogP contribution in [-0.2, 0) is 4.79 Å². The first kappa shape index (κ1) is 12.3. The Morgan fingerprint density at radius 1 is 1.47 bits per heavy atom. The van der Waals surface area contributed by atoms with Crippen LogP contribution in [0.4, 0.5) is 5.69 Å². The summed E-state index contributed by atoms with van der Waals surface area (Å²) in [6, 6.07) is 6.82. The van der Waals surface area contributed by atoms with E-state index in [9.17, 15) is 9.90 Å². The molecule has 1 fully saturated rings. The average Bonchev–Trinajstić information content (AvgIpc) is 2.38. The molecule has 0 spiro atoms. The highest BCUT2D eigenvalue weighted by atomic mass is 32.2. The molecule has 0 aliphatic carbocycles. The fourth-order valence-electron chi connectivity index (χ4n) is 1.98. The van der Waals surface area contributed by atoms with Gasteiger partial charge in [-0.15, -0.1) is 11.8 Å². The second-order valence-electron chi connectivity index (χ2n) is 4.27. The van der Waals surface area contributed by atoms with Gasteiger partial charge in [0.05, 0.1) is 5.25 Å². The van der Waals surface area contributed by atoms with Crippen LogP contribution in [0.25, 0.3) is 0 Å². The number of thioether (sulfide) groups is 1. The molecule has 1 heterocycles. The lowest BCUT2D eigenvalue weighted by Gasteiger charge is -2.26. The van der Waals surface area contributed by atoms with Gasteiger partial charge < -0.3 is 10.0 Å². The van der Waals surface area contributed by atoms with E-state index in [-0.39, 0.29) is 16.9 Å². The number of carbonyl (C=O) groups is 1. The molecule has 2 rings (SSSR count). The highest BCUT2D eigenvalue weighted by Crippen LogP contribution is 2.28. The van der Waals surface area contributed by atoms with E-state index >= 15 is 0 Å². The Bertz CT molecular complexity index is 402. The van der Waals surface area contributed by atoms with Gasteiger partial charge in [0, 0.05) is 18.8 Å². The first-order chi connectivity index (χ1) is 8.18. The lowest BCUT2D eigenvalue weighted by atomic mass is 10.1. The summed E-state index contributed by atoms with van der Waals surface area (Å²) in [5, 5.41) is 9.49. The minimum absolute atomic E-state index is 0.0797. The Hall–Kier alpha value is -1.16. The summed E-state index contributed by atoms with van der Waals surface area (Å²) in [7, 11) is 1.77. The second-order valence-corrected chi connectivity index (χ2v) is 5.58. The lowest BCUT2D eigenvalue weighted by Crippen LogP contribution is -2.35. The average molecular weight is 251 g/mol. The van der Waals surface area contributed by atoms with E-state index in [1.807, 2.05) is 6.07 Å². The van der Waals surface area contributed by atoms with E-state index < -0.39 is 0 Å². The van der Waals surface area contributed by atoms with Crippen LogP contribution in [0, 0.1) is 0 Å². The molecule has 0 bridgehead atoms. The van der Waals surface area contributed by atoms with Gasteiger partial charge in [-0.2, -0.15) is 0 Å². The van der Waals surface area contributed by atoms with E-state index in [4.69, 9.17) is 0 Å². The van der Waals surface area contributed by atoms with E-state index in [0.29, 0.717) is 0 Å². The van der Waals surface area contributed by atoms with Gasteiger partial charge in [0.25, 0.3) is 0 Å². The molecule has 3 nitrogen and oxygen atoms in total. The van der Waals surface area contributed by atoms with Crippen molar-refractivity contribution in [2.75, 3.05) is 17.7 Å². The van der Waals surface area contributed by atoms with Crippen LogP contribution in [0.1, 0.15) is 19.3 Å². The number of phenolic OH excluding ortho intramolecular Hbond substituents is 1. The van der Waals surface area contributed by atoms with Gasteiger partial charge in [-0.3, -0.25) is 4.79 Å². The molecule has 17 heavy (non-hydrogen) atoms. The number of hydrogen-bond donors (Lipinski definition) is 1. The van der Waals surface area contributed by atoms with Gasteiger partial charge in [-0.25, -0.2) is 0 Å². The molecule has 0 radical (unpaired) electrons. The highest BCUT2D eigenvalue weighted by Gasteiger charge is 2.25. The number of carbonyl (C=O) groups excluding carboxylic acids is 1. The number of nitrogens with zero attached hydrogens (tertiary/aromatic N) is 1. The lowest BCUT2D eigenvalue weighted by molar-refractivity contribution is -0.118. The van der Waals surface area contributed by atoms with Gasteiger partial charge in [0.15, 0.2) is 0 Å². The molecule has 1 amide bonds. The standard InChI is InChI=1S/C13H17NO2S/c1-14(10-5-4-6-11(15)9-10)13(16)12-7-2-3-8-17-12/h4-6,9,12,15H,2-3,7-8H2,1H3. The zero-order valence-electron chi connectivity index (χ0n) is 9.93. The third kappa shape index (κ3) is 2.94. The molecule has 1 aliphatic heterocycles. The number of hydrogen-bond acceptors (Lipinski definition) is 3. The number of anilines is 1. The normalized spacial score (nSPS) is 19.9. The molecule has 1 saturated heterocycles. The SMILES string of the molecule is CN(C(=O)C1CCCCS1)c1cccc(O)c1. The van der Waals surface area contributed by atoms with Gasteiger partial charge in [0.2, 0.25) is 5.91 Å². The maximum Gasteiger partial charge on any atom is 0.239 e. The predicted octanol–water partition coefficient (Wildman–Crippen LogP) is 2.64. The maximum absolute atomic E-state index is 12.2. The molecule has 1 aliphatic rings. The molecule has 1 N–H and O–H groups in total. The van der Waals surface area contributed by atoms with Crippen LogP contribution in [0.2, 0.25) is 0 Å². The smallest absolute Gasteiger partial charge is 0.239 e. The van der Waals surface area contributed by atoms with Crippen molar-refractivity contribution in [1.82, 2.24) is 0 Å².